The first-order valence-corrected chi connectivity index (χ1v) is 10.3. The number of nitrogens with one attached hydrogen (secondary N) is 1. The normalized spacial score (nSPS) is 12.1. The highest BCUT2D eigenvalue weighted by Crippen LogP contribution is 2.26. The third kappa shape index (κ3) is 5.86. The second kappa shape index (κ2) is 9.49. The monoisotopic (exact) mass is 403 g/mol. The molecule has 30 heavy (non-hydrogen) atoms. The zero-order valence-corrected chi connectivity index (χ0v) is 18.0. The highest BCUT2D eigenvalue weighted by atomic mass is 16.5. The Labute approximate surface area is 178 Å². The van der Waals surface area contributed by atoms with Crippen molar-refractivity contribution in [3.63, 3.8) is 0 Å². The van der Waals surface area contributed by atoms with Gasteiger partial charge in [-0.1, -0.05) is 58.0 Å². The van der Waals surface area contributed by atoms with E-state index in [0.717, 1.165) is 5.75 Å². The largest absolute Gasteiger partial charge is 0.481 e. The molecule has 1 N–H and O–H groups in total. The van der Waals surface area contributed by atoms with Crippen LogP contribution in [0.4, 0.5) is 5.69 Å². The number of rotatable bonds is 7. The molecule has 3 aromatic rings. The van der Waals surface area contributed by atoms with Gasteiger partial charge in [0.15, 0.2) is 6.10 Å². The molecule has 0 bridgehead atoms. The summed E-state index contributed by atoms with van der Waals surface area (Å²) >= 11 is 0. The van der Waals surface area contributed by atoms with Gasteiger partial charge in [0, 0.05) is 5.69 Å². The molecule has 1 atom stereocenters. The highest BCUT2D eigenvalue weighted by molar-refractivity contribution is 5.94. The minimum Gasteiger partial charge on any atom is -0.481 e. The van der Waals surface area contributed by atoms with Crippen molar-refractivity contribution in [2.45, 2.75) is 45.6 Å². The molecule has 0 heterocycles. The van der Waals surface area contributed by atoms with E-state index in [1.807, 2.05) is 85.8 Å². The molecule has 0 spiro atoms. The number of hydrogen-bond acceptors (Lipinski definition) is 3. The number of para-hydroxylation sites is 1. The molecule has 3 aromatic carbocycles. The Morgan fingerprint density at radius 3 is 1.97 bits per heavy atom. The third-order valence-electron chi connectivity index (χ3n) is 4.76. The van der Waals surface area contributed by atoms with Gasteiger partial charge in [-0.05, 0) is 65.9 Å². The van der Waals surface area contributed by atoms with Gasteiger partial charge in [-0.3, -0.25) is 4.79 Å². The molecule has 0 saturated heterocycles. The summed E-state index contributed by atoms with van der Waals surface area (Å²) in [6.45, 7) is 8.44. The van der Waals surface area contributed by atoms with Crippen LogP contribution in [0.3, 0.4) is 0 Å². The molecule has 0 aliphatic heterocycles. The number of anilines is 1. The lowest BCUT2D eigenvalue weighted by molar-refractivity contribution is -0.122. The van der Waals surface area contributed by atoms with E-state index >= 15 is 0 Å². The Morgan fingerprint density at radius 2 is 1.40 bits per heavy atom. The van der Waals surface area contributed by atoms with Gasteiger partial charge in [-0.15, -0.1) is 0 Å². The second-order valence-corrected chi connectivity index (χ2v) is 8.22. The maximum Gasteiger partial charge on any atom is 0.265 e. The van der Waals surface area contributed by atoms with Crippen LogP contribution in [0.1, 0.15) is 39.7 Å². The Balaban J connectivity index is 1.59. The Morgan fingerprint density at radius 1 is 0.833 bits per heavy atom. The van der Waals surface area contributed by atoms with Gasteiger partial charge in [-0.2, -0.15) is 0 Å². The molecule has 0 aromatic heterocycles. The van der Waals surface area contributed by atoms with Crippen molar-refractivity contribution in [2.24, 2.45) is 0 Å². The van der Waals surface area contributed by atoms with E-state index in [4.69, 9.17) is 9.47 Å². The van der Waals surface area contributed by atoms with E-state index in [2.05, 4.69) is 26.1 Å². The molecule has 0 radical (unpaired) electrons. The molecule has 4 heteroatoms. The van der Waals surface area contributed by atoms with Crippen LogP contribution in [0.15, 0.2) is 78.9 Å². The van der Waals surface area contributed by atoms with Crippen molar-refractivity contribution >= 4 is 11.6 Å². The van der Waals surface area contributed by atoms with Crippen molar-refractivity contribution in [1.82, 2.24) is 0 Å². The average molecular weight is 404 g/mol. The third-order valence-corrected chi connectivity index (χ3v) is 4.76. The summed E-state index contributed by atoms with van der Waals surface area (Å²) in [7, 11) is 0. The molecule has 1 amide bonds. The summed E-state index contributed by atoms with van der Waals surface area (Å²) in [5.41, 5.74) is 2.01. The molecule has 3 rings (SSSR count). The predicted octanol–water partition coefficient (Wildman–Crippen LogP) is 6.57. The van der Waals surface area contributed by atoms with Crippen LogP contribution in [-0.2, 0) is 10.2 Å². The van der Waals surface area contributed by atoms with Crippen molar-refractivity contribution in [1.29, 1.82) is 0 Å². The quantitative estimate of drug-likeness (QED) is 0.485. The summed E-state index contributed by atoms with van der Waals surface area (Å²) in [6.07, 6.45) is 0.00735. The summed E-state index contributed by atoms with van der Waals surface area (Å²) in [4.78, 5) is 12.7. The first-order chi connectivity index (χ1) is 14.3. The van der Waals surface area contributed by atoms with Gasteiger partial charge in [0.25, 0.3) is 5.91 Å². The fourth-order valence-corrected chi connectivity index (χ4v) is 2.97. The first-order valence-electron chi connectivity index (χ1n) is 10.3. The average Bonchev–Trinajstić information content (AvgIpc) is 2.74. The van der Waals surface area contributed by atoms with E-state index in [1.165, 1.54) is 5.56 Å². The maximum absolute atomic E-state index is 12.7. The lowest BCUT2D eigenvalue weighted by Gasteiger charge is -2.21. The zero-order valence-electron chi connectivity index (χ0n) is 18.0. The van der Waals surface area contributed by atoms with Gasteiger partial charge < -0.3 is 14.8 Å². The zero-order chi connectivity index (χ0) is 21.6. The molecule has 1 unspecified atom stereocenters. The summed E-state index contributed by atoms with van der Waals surface area (Å²) < 4.78 is 11.7. The Hall–Kier alpha value is -3.27. The smallest absolute Gasteiger partial charge is 0.265 e. The van der Waals surface area contributed by atoms with E-state index in [0.29, 0.717) is 23.6 Å². The van der Waals surface area contributed by atoms with Crippen molar-refractivity contribution in [3.05, 3.63) is 84.4 Å². The lowest BCUT2D eigenvalue weighted by Crippen LogP contribution is -2.32. The van der Waals surface area contributed by atoms with Gasteiger partial charge in [0.1, 0.15) is 17.2 Å². The highest BCUT2D eigenvalue weighted by Gasteiger charge is 2.19. The van der Waals surface area contributed by atoms with Crippen LogP contribution in [-0.4, -0.2) is 12.0 Å². The Bertz CT molecular complexity index is 942. The fourth-order valence-electron chi connectivity index (χ4n) is 2.97. The van der Waals surface area contributed by atoms with Gasteiger partial charge >= 0.3 is 0 Å². The molecule has 0 fully saturated rings. The van der Waals surface area contributed by atoms with E-state index in [9.17, 15) is 4.79 Å². The van der Waals surface area contributed by atoms with E-state index in [-0.39, 0.29) is 11.3 Å². The Kier molecular flexibility index (Phi) is 6.78. The van der Waals surface area contributed by atoms with E-state index < -0.39 is 6.10 Å². The summed E-state index contributed by atoms with van der Waals surface area (Å²) in [5, 5.41) is 2.92. The predicted molar refractivity (Wildman–Crippen MR) is 121 cm³/mol. The van der Waals surface area contributed by atoms with Crippen LogP contribution >= 0.6 is 0 Å². The number of ether oxygens (including phenoxy) is 2. The van der Waals surface area contributed by atoms with Gasteiger partial charge in [0.05, 0.1) is 0 Å². The van der Waals surface area contributed by atoms with Crippen LogP contribution in [0.2, 0.25) is 0 Å². The number of hydrogen-bond donors (Lipinski definition) is 1. The van der Waals surface area contributed by atoms with Crippen LogP contribution in [0.25, 0.3) is 0 Å². The van der Waals surface area contributed by atoms with Crippen LogP contribution in [0.5, 0.6) is 17.2 Å². The van der Waals surface area contributed by atoms with Gasteiger partial charge in [-0.25, -0.2) is 0 Å². The molecule has 0 saturated carbocycles. The number of benzene rings is 3. The minimum atomic E-state index is -0.564. The summed E-state index contributed by atoms with van der Waals surface area (Å²) in [6, 6.07) is 24.8. The number of carbonyl (C=O) groups is 1. The minimum absolute atomic E-state index is 0.0798. The molecule has 4 nitrogen and oxygen atoms in total. The van der Waals surface area contributed by atoms with Crippen molar-refractivity contribution in [2.75, 3.05) is 5.32 Å². The van der Waals surface area contributed by atoms with Crippen molar-refractivity contribution in [3.8, 4) is 17.2 Å². The summed E-state index contributed by atoms with van der Waals surface area (Å²) in [5.74, 6) is 2.00. The standard InChI is InChI=1S/C26H29NO3/c1-5-24(30-23-15-11-19(12-16-23)26(2,3)4)25(28)27-20-13-17-22(18-14-20)29-21-9-7-6-8-10-21/h6-18,24H,5H2,1-4H3,(H,27,28). The molecular formula is C26H29NO3. The molecular weight excluding hydrogens is 374 g/mol. The SMILES string of the molecule is CCC(Oc1ccc(C(C)(C)C)cc1)C(=O)Nc1ccc(Oc2ccccc2)cc1. The number of amides is 1. The van der Waals surface area contributed by atoms with Crippen LogP contribution in [0, 0.1) is 0 Å². The topological polar surface area (TPSA) is 47.6 Å². The second-order valence-electron chi connectivity index (χ2n) is 8.22. The fraction of sp³-hybridized carbons (Fsp3) is 0.269. The van der Waals surface area contributed by atoms with Crippen LogP contribution < -0.4 is 14.8 Å². The molecule has 0 aliphatic rings. The van der Waals surface area contributed by atoms with Gasteiger partial charge in [0.2, 0.25) is 0 Å². The molecule has 156 valence electrons. The lowest BCUT2D eigenvalue weighted by atomic mass is 9.87. The number of carbonyl (C=O) groups excluding carboxylic acids is 1. The maximum atomic E-state index is 12.7. The van der Waals surface area contributed by atoms with E-state index in [1.54, 1.807) is 0 Å². The first kappa shape index (κ1) is 21.4. The van der Waals surface area contributed by atoms with Crippen molar-refractivity contribution < 1.29 is 14.3 Å². The molecule has 0 aliphatic carbocycles.